The van der Waals surface area contributed by atoms with Crippen molar-refractivity contribution in [3.05, 3.63) is 23.8 Å². The summed E-state index contributed by atoms with van der Waals surface area (Å²) in [5, 5.41) is 5.29. The summed E-state index contributed by atoms with van der Waals surface area (Å²) in [6, 6.07) is 4.79. The van der Waals surface area contributed by atoms with E-state index >= 15 is 0 Å². The molecular formula is C14H21N3O3. The number of carbonyl (C=O) groups is 2. The Morgan fingerprint density at radius 2 is 1.95 bits per heavy atom. The van der Waals surface area contributed by atoms with Gasteiger partial charge in [-0.15, -0.1) is 0 Å². The van der Waals surface area contributed by atoms with E-state index in [9.17, 15) is 9.59 Å². The second kappa shape index (κ2) is 6.27. The van der Waals surface area contributed by atoms with Gasteiger partial charge in [0, 0.05) is 30.9 Å². The van der Waals surface area contributed by atoms with Crippen molar-refractivity contribution in [2.75, 3.05) is 26.4 Å². The van der Waals surface area contributed by atoms with Crippen LogP contribution >= 0.6 is 0 Å². The average molecular weight is 279 g/mol. The molecule has 0 saturated heterocycles. The summed E-state index contributed by atoms with van der Waals surface area (Å²) in [7, 11) is 3.07. The highest BCUT2D eigenvalue weighted by Crippen LogP contribution is 2.19. The minimum absolute atomic E-state index is 0.136. The van der Waals surface area contributed by atoms with Gasteiger partial charge in [0.1, 0.15) is 5.75 Å². The lowest BCUT2D eigenvalue weighted by Gasteiger charge is -2.22. The lowest BCUT2D eigenvalue weighted by atomic mass is 9.92. The Kier molecular flexibility index (Phi) is 4.96. The maximum Gasteiger partial charge on any atom is 0.251 e. The van der Waals surface area contributed by atoms with Crippen LogP contribution in [0, 0.1) is 5.41 Å². The monoisotopic (exact) mass is 279 g/mol. The van der Waals surface area contributed by atoms with Gasteiger partial charge in [-0.25, -0.2) is 0 Å². The van der Waals surface area contributed by atoms with E-state index in [1.54, 1.807) is 39.1 Å². The molecule has 0 aromatic heterocycles. The fourth-order valence-corrected chi connectivity index (χ4v) is 1.69. The number of methoxy groups -OCH3 is 1. The number of hydrogen-bond donors (Lipinski definition) is 3. The molecule has 0 radical (unpaired) electrons. The van der Waals surface area contributed by atoms with Crippen molar-refractivity contribution < 1.29 is 14.3 Å². The fourth-order valence-electron chi connectivity index (χ4n) is 1.69. The second-order valence-electron chi connectivity index (χ2n) is 5.14. The van der Waals surface area contributed by atoms with Crippen LogP contribution in [0.4, 0.5) is 5.69 Å². The Morgan fingerprint density at radius 3 is 2.50 bits per heavy atom. The Balaban J connectivity index is 2.77. The Bertz CT molecular complexity index is 512. The van der Waals surface area contributed by atoms with Gasteiger partial charge in [0.15, 0.2) is 0 Å². The van der Waals surface area contributed by atoms with E-state index < -0.39 is 5.41 Å². The Hall–Kier alpha value is -2.24. The van der Waals surface area contributed by atoms with Crippen LogP contribution in [0.1, 0.15) is 24.2 Å². The van der Waals surface area contributed by atoms with Crippen LogP contribution in [0.5, 0.6) is 5.75 Å². The fraction of sp³-hybridized carbons (Fsp3) is 0.429. The number of benzene rings is 1. The van der Waals surface area contributed by atoms with Crippen molar-refractivity contribution in [1.82, 2.24) is 10.6 Å². The molecule has 4 N–H and O–H groups in total. The Morgan fingerprint density at radius 1 is 1.30 bits per heavy atom. The third-order valence-electron chi connectivity index (χ3n) is 2.96. The van der Waals surface area contributed by atoms with Gasteiger partial charge in [-0.3, -0.25) is 9.59 Å². The molecule has 0 aliphatic carbocycles. The average Bonchev–Trinajstić information content (AvgIpc) is 2.42. The number of nitrogen functional groups attached to an aromatic ring is 1. The van der Waals surface area contributed by atoms with Gasteiger partial charge < -0.3 is 21.1 Å². The maximum atomic E-state index is 12.1. The van der Waals surface area contributed by atoms with Gasteiger partial charge in [-0.2, -0.15) is 0 Å². The van der Waals surface area contributed by atoms with Gasteiger partial charge >= 0.3 is 0 Å². The highest BCUT2D eigenvalue weighted by atomic mass is 16.5. The summed E-state index contributed by atoms with van der Waals surface area (Å²) in [4.78, 5) is 23.7. The normalized spacial score (nSPS) is 10.8. The molecule has 2 amide bonds. The molecule has 0 aliphatic rings. The van der Waals surface area contributed by atoms with Crippen LogP contribution in [0.15, 0.2) is 18.2 Å². The summed E-state index contributed by atoms with van der Waals surface area (Å²) < 4.78 is 5.06. The van der Waals surface area contributed by atoms with Crippen LogP contribution in [-0.4, -0.2) is 32.5 Å². The van der Waals surface area contributed by atoms with E-state index in [0.29, 0.717) is 17.0 Å². The maximum absolute atomic E-state index is 12.1. The summed E-state index contributed by atoms with van der Waals surface area (Å²) in [6.45, 7) is 3.74. The number of amides is 2. The molecule has 0 bridgehead atoms. The molecule has 1 rings (SSSR count). The topological polar surface area (TPSA) is 93.5 Å². The van der Waals surface area contributed by atoms with Gasteiger partial charge in [0.25, 0.3) is 5.91 Å². The number of rotatable bonds is 5. The van der Waals surface area contributed by atoms with E-state index in [1.807, 2.05) is 0 Å². The first-order valence-electron chi connectivity index (χ1n) is 6.25. The molecule has 110 valence electrons. The number of ether oxygens (including phenoxy) is 1. The predicted molar refractivity (Wildman–Crippen MR) is 77.6 cm³/mol. The molecule has 6 nitrogen and oxygen atoms in total. The zero-order valence-electron chi connectivity index (χ0n) is 12.2. The van der Waals surface area contributed by atoms with Gasteiger partial charge in [-0.05, 0) is 26.0 Å². The zero-order valence-corrected chi connectivity index (χ0v) is 12.2. The second-order valence-corrected chi connectivity index (χ2v) is 5.14. The highest BCUT2D eigenvalue weighted by molar-refractivity contribution is 5.96. The van der Waals surface area contributed by atoms with Crippen molar-refractivity contribution in [1.29, 1.82) is 0 Å². The minimum Gasteiger partial charge on any atom is -0.497 e. The van der Waals surface area contributed by atoms with Crippen LogP contribution in [0.2, 0.25) is 0 Å². The first-order valence-corrected chi connectivity index (χ1v) is 6.25. The van der Waals surface area contributed by atoms with Crippen molar-refractivity contribution >= 4 is 17.5 Å². The number of carbonyl (C=O) groups excluding carboxylic acids is 2. The van der Waals surface area contributed by atoms with Gasteiger partial charge in [0.2, 0.25) is 5.91 Å². The molecule has 0 saturated carbocycles. The molecular weight excluding hydrogens is 258 g/mol. The summed E-state index contributed by atoms with van der Waals surface area (Å²) in [5.41, 5.74) is 5.86. The molecule has 1 aromatic rings. The molecule has 1 aromatic carbocycles. The third kappa shape index (κ3) is 3.88. The quantitative estimate of drug-likeness (QED) is 0.694. The van der Waals surface area contributed by atoms with E-state index in [0.717, 1.165) is 0 Å². The van der Waals surface area contributed by atoms with E-state index in [-0.39, 0.29) is 18.4 Å². The smallest absolute Gasteiger partial charge is 0.251 e. The number of nitrogens with one attached hydrogen (secondary N) is 2. The molecule has 0 aliphatic heterocycles. The summed E-state index contributed by atoms with van der Waals surface area (Å²) in [6.07, 6.45) is 0. The van der Waals surface area contributed by atoms with Crippen LogP contribution in [0.3, 0.4) is 0 Å². The first-order chi connectivity index (χ1) is 9.30. The molecule has 0 fully saturated rings. The molecule has 0 spiro atoms. The van der Waals surface area contributed by atoms with Crippen molar-refractivity contribution in [3.8, 4) is 5.75 Å². The van der Waals surface area contributed by atoms with Crippen LogP contribution in [-0.2, 0) is 4.79 Å². The standard InChI is InChI=1S/C14H21N3O3/c1-14(2,13(19)16-3)8-17-12(18)9-5-10(15)7-11(6-9)20-4/h5-7H,8,15H2,1-4H3,(H,16,19)(H,17,18). The Labute approximate surface area is 118 Å². The summed E-state index contributed by atoms with van der Waals surface area (Å²) in [5.74, 6) is 0.0799. The van der Waals surface area contributed by atoms with Crippen LogP contribution in [0.25, 0.3) is 0 Å². The van der Waals surface area contributed by atoms with E-state index in [1.165, 1.54) is 7.11 Å². The first kappa shape index (κ1) is 15.8. The lowest BCUT2D eigenvalue weighted by Crippen LogP contribution is -2.43. The van der Waals surface area contributed by atoms with Crippen molar-refractivity contribution in [3.63, 3.8) is 0 Å². The van der Waals surface area contributed by atoms with E-state index in [2.05, 4.69) is 10.6 Å². The third-order valence-corrected chi connectivity index (χ3v) is 2.96. The summed E-state index contributed by atoms with van der Waals surface area (Å²) >= 11 is 0. The van der Waals surface area contributed by atoms with Crippen molar-refractivity contribution in [2.24, 2.45) is 5.41 Å². The molecule has 20 heavy (non-hydrogen) atoms. The molecule has 0 heterocycles. The molecule has 6 heteroatoms. The largest absolute Gasteiger partial charge is 0.497 e. The van der Waals surface area contributed by atoms with Crippen molar-refractivity contribution in [2.45, 2.75) is 13.8 Å². The van der Waals surface area contributed by atoms with E-state index in [4.69, 9.17) is 10.5 Å². The number of nitrogens with two attached hydrogens (primary N) is 1. The van der Waals surface area contributed by atoms with Gasteiger partial charge in [0.05, 0.1) is 12.5 Å². The number of hydrogen-bond acceptors (Lipinski definition) is 4. The lowest BCUT2D eigenvalue weighted by molar-refractivity contribution is -0.128. The number of anilines is 1. The molecule has 0 atom stereocenters. The zero-order chi connectivity index (χ0) is 15.3. The van der Waals surface area contributed by atoms with Crippen LogP contribution < -0.4 is 21.1 Å². The minimum atomic E-state index is -0.686. The predicted octanol–water partition coefficient (Wildman–Crippen LogP) is 0.779. The molecule has 0 unspecified atom stereocenters. The highest BCUT2D eigenvalue weighted by Gasteiger charge is 2.27. The van der Waals surface area contributed by atoms with Gasteiger partial charge in [-0.1, -0.05) is 0 Å². The SMILES string of the molecule is CNC(=O)C(C)(C)CNC(=O)c1cc(N)cc(OC)c1.